The largest absolute Gasteiger partial charge is 0.461 e. The quantitative estimate of drug-likeness (QED) is 0.388. The molecule has 0 radical (unpaired) electrons. The van der Waals surface area contributed by atoms with Crippen molar-refractivity contribution in [1.82, 2.24) is 19.7 Å². The number of thioether (sulfide) groups is 1. The predicted octanol–water partition coefficient (Wildman–Crippen LogP) is 4.16. The number of furan rings is 1. The molecule has 120 valence electrons. The molecule has 1 aromatic carbocycles. The molecular formula is C17H14N4O2S. The maximum absolute atomic E-state index is 5.28. The van der Waals surface area contributed by atoms with Crippen molar-refractivity contribution in [2.24, 2.45) is 0 Å². The summed E-state index contributed by atoms with van der Waals surface area (Å²) in [7, 11) is 0. The minimum absolute atomic E-state index is 0.454. The molecule has 3 aromatic heterocycles. The van der Waals surface area contributed by atoms with Crippen molar-refractivity contribution in [2.45, 2.75) is 17.5 Å². The summed E-state index contributed by atoms with van der Waals surface area (Å²) in [5.74, 6) is 2.11. The molecule has 0 atom stereocenters. The number of hydrogen-bond acceptors (Lipinski definition) is 6. The van der Waals surface area contributed by atoms with E-state index in [1.807, 2.05) is 24.3 Å². The summed E-state index contributed by atoms with van der Waals surface area (Å²) >= 11 is 1.55. The molecule has 0 aliphatic heterocycles. The van der Waals surface area contributed by atoms with E-state index in [9.17, 15) is 0 Å². The Morgan fingerprint density at radius 2 is 2.08 bits per heavy atom. The third kappa shape index (κ3) is 2.74. The summed E-state index contributed by atoms with van der Waals surface area (Å²) < 4.78 is 12.7. The molecule has 0 N–H and O–H groups in total. The topological polar surface area (TPSA) is 69.9 Å². The van der Waals surface area contributed by atoms with Crippen LogP contribution >= 0.6 is 11.8 Å². The Hall–Kier alpha value is -2.80. The second kappa shape index (κ2) is 6.37. The summed E-state index contributed by atoms with van der Waals surface area (Å²) in [6, 6.07) is 11.6. The fourth-order valence-electron chi connectivity index (χ4n) is 2.41. The molecule has 6 nitrogen and oxygen atoms in total. The van der Waals surface area contributed by atoms with Gasteiger partial charge in [0.2, 0.25) is 11.7 Å². The van der Waals surface area contributed by atoms with Crippen LogP contribution in [-0.4, -0.2) is 19.7 Å². The molecule has 0 aliphatic rings. The molecule has 0 saturated heterocycles. The maximum atomic E-state index is 5.28. The molecule has 0 aliphatic carbocycles. The number of hydrogen-bond donors (Lipinski definition) is 0. The van der Waals surface area contributed by atoms with Gasteiger partial charge in [0.25, 0.3) is 0 Å². The van der Waals surface area contributed by atoms with Crippen LogP contribution in [0.15, 0.2) is 69.4 Å². The lowest BCUT2D eigenvalue weighted by Gasteiger charge is -2.04. The zero-order valence-corrected chi connectivity index (χ0v) is 13.6. The summed E-state index contributed by atoms with van der Waals surface area (Å²) in [6.45, 7) is 4.52. The number of imidazole rings is 1. The maximum Gasteiger partial charge on any atom is 0.238 e. The molecule has 0 unspecified atom stereocenters. The van der Waals surface area contributed by atoms with Crippen molar-refractivity contribution >= 4 is 22.8 Å². The van der Waals surface area contributed by atoms with Gasteiger partial charge in [-0.2, -0.15) is 4.98 Å². The van der Waals surface area contributed by atoms with E-state index in [2.05, 4.69) is 32.3 Å². The summed E-state index contributed by atoms with van der Waals surface area (Å²) in [5.41, 5.74) is 2.05. The zero-order valence-electron chi connectivity index (χ0n) is 12.8. The number of rotatable bonds is 6. The van der Waals surface area contributed by atoms with E-state index < -0.39 is 0 Å². The number of fused-ring (bicyclic) bond motifs is 1. The van der Waals surface area contributed by atoms with E-state index in [1.54, 1.807) is 30.2 Å². The van der Waals surface area contributed by atoms with Crippen molar-refractivity contribution < 1.29 is 8.94 Å². The highest BCUT2D eigenvalue weighted by Crippen LogP contribution is 2.27. The van der Waals surface area contributed by atoms with Crippen molar-refractivity contribution in [1.29, 1.82) is 0 Å². The van der Waals surface area contributed by atoms with Crippen molar-refractivity contribution in [3.8, 4) is 11.6 Å². The first kappa shape index (κ1) is 14.8. The van der Waals surface area contributed by atoms with Crippen LogP contribution in [0.1, 0.15) is 5.89 Å². The Morgan fingerprint density at radius 1 is 1.17 bits per heavy atom. The van der Waals surface area contributed by atoms with Crippen LogP contribution in [0.25, 0.3) is 22.6 Å². The molecule has 0 saturated carbocycles. The van der Waals surface area contributed by atoms with Crippen LogP contribution in [-0.2, 0) is 12.3 Å². The first-order valence-electron chi connectivity index (χ1n) is 7.40. The monoisotopic (exact) mass is 338 g/mol. The summed E-state index contributed by atoms with van der Waals surface area (Å²) in [4.78, 5) is 9.02. The highest BCUT2D eigenvalue weighted by Gasteiger charge is 2.14. The Morgan fingerprint density at radius 3 is 2.92 bits per heavy atom. The van der Waals surface area contributed by atoms with Crippen LogP contribution in [0.5, 0.6) is 0 Å². The predicted molar refractivity (Wildman–Crippen MR) is 91.5 cm³/mol. The van der Waals surface area contributed by atoms with Gasteiger partial charge in [-0.05, 0) is 24.3 Å². The standard InChI is InChI=1S/C17H14N4O2S/c1-2-9-21-13-7-4-3-6-12(13)18-17(21)24-11-15-19-16(20-23-15)14-8-5-10-22-14/h2-8,10H,1,9,11H2. The average molecular weight is 338 g/mol. The summed E-state index contributed by atoms with van der Waals surface area (Å²) in [5, 5.41) is 4.83. The zero-order chi connectivity index (χ0) is 16.4. The van der Waals surface area contributed by atoms with E-state index in [0.717, 1.165) is 16.2 Å². The number of para-hydroxylation sites is 2. The van der Waals surface area contributed by atoms with E-state index in [1.165, 1.54) is 0 Å². The first-order chi connectivity index (χ1) is 11.8. The smallest absolute Gasteiger partial charge is 0.238 e. The minimum Gasteiger partial charge on any atom is -0.461 e. The lowest BCUT2D eigenvalue weighted by molar-refractivity contribution is 0.390. The van der Waals surface area contributed by atoms with Crippen molar-refractivity contribution in [3.05, 3.63) is 61.2 Å². The number of benzene rings is 1. The Labute approximate surface area is 142 Å². The molecule has 0 amide bonds. The van der Waals surface area contributed by atoms with Gasteiger partial charge in [-0.15, -0.1) is 6.58 Å². The minimum atomic E-state index is 0.454. The van der Waals surface area contributed by atoms with Crippen LogP contribution < -0.4 is 0 Å². The third-order valence-corrected chi connectivity index (χ3v) is 4.43. The Kier molecular flexibility index (Phi) is 3.92. The lowest BCUT2D eigenvalue weighted by Crippen LogP contribution is -1.97. The molecule has 0 fully saturated rings. The molecule has 4 aromatic rings. The van der Waals surface area contributed by atoms with Crippen LogP contribution in [0, 0.1) is 0 Å². The molecule has 0 spiro atoms. The lowest BCUT2D eigenvalue weighted by atomic mass is 10.3. The highest BCUT2D eigenvalue weighted by atomic mass is 32.2. The second-order valence-corrected chi connectivity index (χ2v) is 6.00. The fraction of sp³-hybridized carbons (Fsp3) is 0.118. The van der Waals surface area contributed by atoms with E-state index in [-0.39, 0.29) is 0 Å². The highest BCUT2D eigenvalue weighted by molar-refractivity contribution is 7.98. The average Bonchev–Trinajstić information content (AvgIpc) is 3.33. The normalized spacial score (nSPS) is 11.2. The van der Waals surface area contributed by atoms with E-state index in [0.29, 0.717) is 29.8 Å². The number of nitrogens with zero attached hydrogens (tertiary/aromatic N) is 4. The third-order valence-electron chi connectivity index (χ3n) is 3.47. The molecule has 3 heterocycles. The van der Waals surface area contributed by atoms with Gasteiger partial charge < -0.3 is 13.5 Å². The van der Waals surface area contributed by atoms with Gasteiger partial charge in [-0.3, -0.25) is 0 Å². The molecule has 4 rings (SSSR count). The first-order valence-corrected chi connectivity index (χ1v) is 8.39. The Bertz CT molecular complexity index is 972. The van der Waals surface area contributed by atoms with E-state index in [4.69, 9.17) is 8.94 Å². The summed E-state index contributed by atoms with van der Waals surface area (Å²) in [6.07, 6.45) is 3.44. The van der Waals surface area contributed by atoms with Crippen LogP contribution in [0.3, 0.4) is 0 Å². The van der Waals surface area contributed by atoms with Crippen LogP contribution in [0.4, 0.5) is 0 Å². The van der Waals surface area contributed by atoms with Crippen molar-refractivity contribution in [3.63, 3.8) is 0 Å². The van der Waals surface area contributed by atoms with Gasteiger partial charge in [-0.1, -0.05) is 35.1 Å². The molecule has 7 heteroatoms. The Balaban J connectivity index is 1.56. The number of aromatic nitrogens is 4. The van der Waals surface area contributed by atoms with E-state index >= 15 is 0 Å². The van der Waals surface area contributed by atoms with Gasteiger partial charge in [0.05, 0.1) is 23.0 Å². The van der Waals surface area contributed by atoms with Crippen molar-refractivity contribution in [2.75, 3.05) is 0 Å². The number of allylic oxidation sites excluding steroid dienone is 1. The fourth-order valence-corrected chi connectivity index (χ4v) is 3.28. The van der Waals surface area contributed by atoms with Gasteiger partial charge in [0.1, 0.15) is 0 Å². The second-order valence-electron chi connectivity index (χ2n) is 5.06. The molecule has 24 heavy (non-hydrogen) atoms. The SMILES string of the molecule is C=CCn1c(SCc2nc(-c3ccco3)no2)nc2ccccc21. The van der Waals surface area contributed by atoms with Gasteiger partial charge in [0.15, 0.2) is 10.9 Å². The molecule has 0 bridgehead atoms. The van der Waals surface area contributed by atoms with Gasteiger partial charge in [-0.25, -0.2) is 4.98 Å². The van der Waals surface area contributed by atoms with Crippen LogP contribution in [0.2, 0.25) is 0 Å². The molecular weight excluding hydrogens is 324 g/mol. The van der Waals surface area contributed by atoms with Gasteiger partial charge >= 0.3 is 0 Å². The van der Waals surface area contributed by atoms with Gasteiger partial charge in [0, 0.05) is 6.54 Å².